The van der Waals surface area contributed by atoms with E-state index in [0.717, 1.165) is 10.1 Å². The first-order chi connectivity index (χ1) is 10.6. The topological polar surface area (TPSA) is 72.2 Å². The van der Waals surface area contributed by atoms with E-state index in [-0.39, 0.29) is 20.5 Å². The first-order valence-electron chi connectivity index (χ1n) is 6.92. The Balaban J connectivity index is 2.39. The first kappa shape index (κ1) is 16.3. The number of aromatic nitrogens is 1. The van der Waals surface area contributed by atoms with Crippen LogP contribution in [0.25, 0.3) is 10.1 Å². The minimum absolute atomic E-state index is 0.212. The molecule has 0 saturated heterocycles. The van der Waals surface area contributed by atoms with Crippen molar-refractivity contribution in [2.75, 3.05) is 13.2 Å². The van der Waals surface area contributed by atoms with Gasteiger partial charge in [-0.25, -0.2) is 0 Å². The molecule has 114 valence electrons. The fourth-order valence-electron chi connectivity index (χ4n) is 1.94. The zero-order valence-corrected chi connectivity index (χ0v) is 14.4. The van der Waals surface area contributed by atoms with Crippen LogP contribution < -0.4 is 4.74 Å². The second-order valence-corrected chi connectivity index (χ2v) is 6.51. The number of carbonyl (C=O) groups excluding carboxylic acids is 1. The molecule has 1 aromatic heterocycles. The van der Waals surface area contributed by atoms with E-state index >= 15 is 0 Å². The van der Waals surface area contributed by atoms with Gasteiger partial charge in [-0.2, -0.15) is 0 Å². The van der Waals surface area contributed by atoms with Crippen LogP contribution in [0.5, 0.6) is 5.75 Å². The quantitative estimate of drug-likeness (QED) is 0.603. The molecule has 0 spiro atoms. The summed E-state index contributed by atoms with van der Waals surface area (Å²) >= 11 is -0.212. The van der Waals surface area contributed by atoms with Crippen molar-refractivity contribution in [3.05, 3.63) is 33.9 Å². The Hall–Kier alpha value is -2.09. The third-order valence-corrected chi connectivity index (χ3v) is 5.39. The number of ether oxygens (including phenoxy) is 2. The molecule has 0 aliphatic carbocycles. The molecule has 22 heavy (non-hydrogen) atoms. The molecule has 0 saturated carbocycles. The van der Waals surface area contributed by atoms with Gasteiger partial charge in [0.2, 0.25) is 0 Å². The van der Waals surface area contributed by atoms with Gasteiger partial charge in [0.1, 0.15) is 0 Å². The SMILES string of the molecule is CCOC(=O)c1[se]c(-c2ccc(OCC)c(C#N)c2)nc1C. The molecular formula is C16H16N2O3Se. The molecule has 0 atom stereocenters. The second-order valence-electron chi connectivity index (χ2n) is 4.41. The average Bonchev–Trinajstić information content (AvgIpc) is 2.90. The Morgan fingerprint density at radius 3 is 2.77 bits per heavy atom. The first-order valence-corrected chi connectivity index (χ1v) is 8.63. The minimum atomic E-state index is -0.301. The molecule has 0 fully saturated rings. The second kappa shape index (κ2) is 7.26. The fraction of sp³-hybridized carbons (Fsp3) is 0.312. The van der Waals surface area contributed by atoms with Crippen molar-refractivity contribution in [3.63, 3.8) is 0 Å². The fourth-order valence-corrected chi connectivity index (χ4v) is 3.94. The van der Waals surface area contributed by atoms with Crippen LogP contribution in [-0.2, 0) is 4.74 Å². The van der Waals surface area contributed by atoms with Gasteiger partial charge >= 0.3 is 135 Å². The molecular weight excluding hydrogens is 347 g/mol. The number of benzene rings is 1. The average molecular weight is 363 g/mol. The Kier molecular flexibility index (Phi) is 5.37. The Labute approximate surface area is 135 Å². The molecule has 1 heterocycles. The summed E-state index contributed by atoms with van der Waals surface area (Å²) in [6, 6.07) is 7.53. The van der Waals surface area contributed by atoms with Crippen molar-refractivity contribution in [2.45, 2.75) is 20.8 Å². The predicted molar refractivity (Wildman–Crippen MR) is 83.2 cm³/mol. The van der Waals surface area contributed by atoms with E-state index in [1.165, 1.54) is 0 Å². The van der Waals surface area contributed by atoms with Crippen molar-refractivity contribution >= 4 is 20.5 Å². The summed E-state index contributed by atoms with van der Waals surface area (Å²) in [5.74, 6) is 0.264. The van der Waals surface area contributed by atoms with Crippen LogP contribution in [0.1, 0.15) is 34.3 Å². The maximum absolute atomic E-state index is 11.9. The number of esters is 1. The van der Waals surface area contributed by atoms with E-state index in [4.69, 9.17) is 9.47 Å². The van der Waals surface area contributed by atoms with Crippen molar-refractivity contribution in [2.24, 2.45) is 0 Å². The summed E-state index contributed by atoms with van der Waals surface area (Å²) in [7, 11) is 0. The molecule has 1 aromatic carbocycles. The third-order valence-electron chi connectivity index (χ3n) is 2.90. The van der Waals surface area contributed by atoms with Crippen LogP contribution >= 0.6 is 0 Å². The predicted octanol–water partition coefficient (Wildman–Crippen LogP) is 2.56. The zero-order valence-electron chi connectivity index (χ0n) is 12.7. The summed E-state index contributed by atoms with van der Waals surface area (Å²) in [5.41, 5.74) is 2.01. The molecule has 0 amide bonds. The molecule has 0 radical (unpaired) electrons. The number of hydrogen-bond acceptors (Lipinski definition) is 5. The molecule has 0 N–H and O–H groups in total. The Bertz CT molecular complexity index is 731. The Morgan fingerprint density at radius 2 is 2.14 bits per heavy atom. The van der Waals surface area contributed by atoms with E-state index in [1.54, 1.807) is 26.0 Å². The summed E-state index contributed by atoms with van der Waals surface area (Å²) in [5, 5.41) is 9.23. The van der Waals surface area contributed by atoms with Crippen molar-refractivity contribution < 1.29 is 14.3 Å². The van der Waals surface area contributed by atoms with E-state index in [0.29, 0.717) is 34.7 Å². The maximum atomic E-state index is 11.9. The van der Waals surface area contributed by atoms with Crippen LogP contribution in [0.3, 0.4) is 0 Å². The van der Waals surface area contributed by atoms with Gasteiger partial charge in [0.05, 0.1) is 0 Å². The van der Waals surface area contributed by atoms with Crippen LogP contribution in [0, 0.1) is 18.3 Å². The van der Waals surface area contributed by atoms with Crippen molar-refractivity contribution in [1.82, 2.24) is 4.98 Å². The van der Waals surface area contributed by atoms with E-state index in [9.17, 15) is 10.1 Å². The third kappa shape index (κ3) is 3.38. The van der Waals surface area contributed by atoms with Gasteiger partial charge in [-0.05, 0) is 0 Å². The van der Waals surface area contributed by atoms with Gasteiger partial charge in [0, 0.05) is 0 Å². The number of carbonyl (C=O) groups is 1. The molecule has 2 aromatic rings. The monoisotopic (exact) mass is 364 g/mol. The number of hydrogen-bond donors (Lipinski definition) is 0. The van der Waals surface area contributed by atoms with Crippen LogP contribution in [-0.4, -0.2) is 38.7 Å². The zero-order chi connectivity index (χ0) is 16.1. The standard InChI is InChI=1S/C16H16N2O3Se/c1-4-20-13-7-6-11(8-12(13)9-17)15-18-10(3)14(22-15)16(19)21-5-2/h6-8H,4-5H2,1-3H3. The normalized spacial score (nSPS) is 10.1. The van der Waals surface area contributed by atoms with Crippen LogP contribution in [0.15, 0.2) is 18.2 Å². The summed E-state index contributed by atoms with van der Waals surface area (Å²) < 4.78 is 11.9. The van der Waals surface area contributed by atoms with Gasteiger partial charge in [-0.3, -0.25) is 0 Å². The van der Waals surface area contributed by atoms with E-state index in [1.807, 2.05) is 13.0 Å². The van der Waals surface area contributed by atoms with Crippen molar-refractivity contribution in [1.29, 1.82) is 5.26 Å². The number of rotatable bonds is 5. The van der Waals surface area contributed by atoms with Gasteiger partial charge in [0.25, 0.3) is 0 Å². The summed E-state index contributed by atoms with van der Waals surface area (Å²) in [6.07, 6.45) is 0. The summed E-state index contributed by atoms with van der Waals surface area (Å²) in [4.78, 5) is 16.4. The van der Waals surface area contributed by atoms with Crippen LogP contribution in [0.2, 0.25) is 0 Å². The molecule has 0 bridgehead atoms. The number of nitriles is 1. The van der Waals surface area contributed by atoms with Crippen molar-refractivity contribution in [3.8, 4) is 22.0 Å². The molecule has 0 unspecified atom stereocenters. The Morgan fingerprint density at radius 1 is 1.36 bits per heavy atom. The van der Waals surface area contributed by atoms with Gasteiger partial charge in [0.15, 0.2) is 0 Å². The molecule has 6 heteroatoms. The molecule has 0 aliphatic rings. The van der Waals surface area contributed by atoms with Gasteiger partial charge in [-0.1, -0.05) is 0 Å². The van der Waals surface area contributed by atoms with E-state index < -0.39 is 0 Å². The number of aryl methyl sites for hydroxylation is 1. The summed E-state index contributed by atoms with van der Waals surface area (Å²) in [6.45, 7) is 6.32. The molecule has 0 aliphatic heterocycles. The van der Waals surface area contributed by atoms with Gasteiger partial charge in [-0.15, -0.1) is 0 Å². The van der Waals surface area contributed by atoms with E-state index in [2.05, 4.69) is 11.1 Å². The van der Waals surface area contributed by atoms with Gasteiger partial charge < -0.3 is 0 Å². The molecule has 2 rings (SSSR count). The number of nitrogens with zero attached hydrogens (tertiary/aromatic N) is 2. The van der Waals surface area contributed by atoms with Crippen LogP contribution in [0.4, 0.5) is 0 Å². The molecule has 5 nitrogen and oxygen atoms in total.